The summed E-state index contributed by atoms with van der Waals surface area (Å²) in [6, 6.07) is 21.4. The maximum atomic E-state index is 13.2. The summed E-state index contributed by atoms with van der Waals surface area (Å²) < 4.78 is 33.2. The van der Waals surface area contributed by atoms with Gasteiger partial charge in [0, 0.05) is 6.20 Å². The molecule has 0 bridgehead atoms. The van der Waals surface area contributed by atoms with Crippen molar-refractivity contribution in [3.05, 3.63) is 105 Å². The van der Waals surface area contributed by atoms with Gasteiger partial charge in [0.05, 0.1) is 4.90 Å². The van der Waals surface area contributed by atoms with Crippen LogP contribution in [0.2, 0.25) is 0 Å². The number of nitriles is 1. The van der Waals surface area contributed by atoms with E-state index in [-0.39, 0.29) is 16.3 Å². The summed E-state index contributed by atoms with van der Waals surface area (Å²) in [7, 11) is -4.15. The Morgan fingerprint density at radius 1 is 1.03 bits per heavy atom. The highest BCUT2D eigenvalue weighted by molar-refractivity contribution is 7.95. The number of hydrogen-bond donors (Lipinski definition) is 0. The van der Waals surface area contributed by atoms with Crippen molar-refractivity contribution in [2.75, 3.05) is 0 Å². The molecule has 4 rings (SSSR count). The molecule has 0 saturated heterocycles. The van der Waals surface area contributed by atoms with Crippen LogP contribution in [0.3, 0.4) is 0 Å². The summed E-state index contributed by atoms with van der Waals surface area (Å²) in [5, 5.41) is 9.65. The Balaban J connectivity index is 1.96. The third kappa shape index (κ3) is 3.89. The molecule has 7 nitrogen and oxygen atoms in total. The highest BCUT2D eigenvalue weighted by atomic mass is 32.2. The molecule has 0 unspecified atom stereocenters. The summed E-state index contributed by atoms with van der Waals surface area (Å²) >= 11 is 0. The van der Waals surface area contributed by atoms with Gasteiger partial charge in [0.1, 0.15) is 27.9 Å². The number of nitrogens with zero attached hydrogens (tertiary/aromatic N) is 3. The van der Waals surface area contributed by atoms with Crippen LogP contribution in [0.25, 0.3) is 11.7 Å². The van der Waals surface area contributed by atoms with Gasteiger partial charge in [0.25, 0.3) is 5.56 Å². The van der Waals surface area contributed by atoms with Gasteiger partial charge in [0.2, 0.25) is 15.7 Å². The lowest BCUT2D eigenvalue weighted by molar-refractivity contribution is 0.457. The molecule has 0 fully saturated rings. The molecule has 32 heavy (non-hydrogen) atoms. The van der Waals surface area contributed by atoms with Crippen LogP contribution in [0.1, 0.15) is 11.1 Å². The molecule has 0 amide bonds. The Hall–Kier alpha value is -4.22. The highest BCUT2D eigenvalue weighted by Gasteiger charge is 2.23. The number of aromatic nitrogens is 2. The van der Waals surface area contributed by atoms with Crippen LogP contribution in [0.15, 0.2) is 93.6 Å². The smallest absolute Gasteiger partial charge is 0.269 e. The zero-order chi connectivity index (χ0) is 22.7. The maximum Gasteiger partial charge on any atom is 0.269 e. The molecule has 0 aliphatic rings. The Bertz CT molecular complexity index is 1550. The number of pyridine rings is 1. The van der Waals surface area contributed by atoms with E-state index >= 15 is 0 Å². The first-order chi connectivity index (χ1) is 15.4. The van der Waals surface area contributed by atoms with Gasteiger partial charge in [-0.3, -0.25) is 9.20 Å². The van der Waals surface area contributed by atoms with Crippen molar-refractivity contribution < 1.29 is 13.2 Å². The van der Waals surface area contributed by atoms with Gasteiger partial charge < -0.3 is 4.74 Å². The van der Waals surface area contributed by atoms with Crippen molar-refractivity contribution in [1.29, 1.82) is 5.26 Å². The minimum absolute atomic E-state index is 0.0528. The largest absolute Gasteiger partial charge is 0.438 e. The molecular formula is C24H17N3O4S. The molecule has 0 N–H and O–H groups in total. The summed E-state index contributed by atoms with van der Waals surface area (Å²) in [6.07, 6.45) is 2.53. The molecule has 0 saturated carbocycles. The van der Waals surface area contributed by atoms with E-state index < -0.39 is 20.3 Å². The Morgan fingerprint density at radius 2 is 1.72 bits per heavy atom. The van der Waals surface area contributed by atoms with Crippen LogP contribution >= 0.6 is 0 Å². The average molecular weight is 443 g/mol. The van der Waals surface area contributed by atoms with E-state index in [0.717, 1.165) is 11.6 Å². The molecule has 2 aromatic carbocycles. The van der Waals surface area contributed by atoms with Crippen molar-refractivity contribution in [3.63, 3.8) is 0 Å². The minimum Gasteiger partial charge on any atom is -0.438 e. The fourth-order valence-electron chi connectivity index (χ4n) is 3.09. The molecule has 158 valence electrons. The fraction of sp³-hybridized carbons (Fsp3) is 0.0417. The third-order valence-corrected chi connectivity index (χ3v) is 6.44. The van der Waals surface area contributed by atoms with Crippen molar-refractivity contribution in [1.82, 2.24) is 9.38 Å². The lowest BCUT2D eigenvalue weighted by atomic mass is 10.2. The Labute approximate surface area is 184 Å². The fourth-order valence-corrected chi connectivity index (χ4v) is 4.25. The van der Waals surface area contributed by atoms with Gasteiger partial charge in [-0.15, -0.1) is 0 Å². The standard InChI is InChI=1S/C24H17N3O4S/c1-17-9-5-6-12-21(17)31-23-20(24(28)27-14-8-7-13-22(27)26-23)15-19(16-25)32(29,30)18-10-3-2-4-11-18/h2-15H,1H3. The first-order valence-corrected chi connectivity index (χ1v) is 11.1. The summed E-state index contributed by atoms with van der Waals surface area (Å²) in [5.74, 6) is 0.366. The molecule has 0 radical (unpaired) electrons. The average Bonchev–Trinajstić information content (AvgIpc) is 2.81. The summed E-state index contributed by atoms with van der Waals surface area (Å²) in [4.78, 5) is 17.0. The van der Waals surface area contributed by atoms with E-state index in [9.17, 15) is 18.5 Å². The molecule has 2 heterocycles. The van der Waals surface area contributed by atoms with Crippen LogP contribution in [-0.4, -0.2) is 17.8 Å². The molecule has 0 spiro atoms. The second-order valence-corrected chi connectivity index (χ2v) is 8.79. The number of allylic oxidation sites excluding steroid dienone is 1. The summed E-state index contributed by atoms with van der Waals surface area (Å²) in [5.41, 5.74) is 0.417. The number of para-hydroxylation sites is 1. The molecular weight excluding hydrogens is 426 g/mol. The first-order valence-electron chi connectivity index (χ1n) is 9.58. The van der Waals surface area contributed by atoms with Gasteiger partial charge >= 0.3 is 0 Å². The van der Waals surface area contributed by atoms with Crippen molar-refractivity contribution in [3.8, 4) is 17.7 Å². The van der Waals surface area contributed by atoms with E-state index in [0.29, 0.717) is 11.4 Å². The molecule has 8 heteroatoms. The van der Waals surface area contributed by atoms with Gasteiger partial charge in [0.15, 0.2) is 0 Å². The zero-order valence-corrected chi connectivity index (χ0v) is 17.8. The lowest BCUT2D eigenvalue weighted by Gasteiger charge is -2.12. The number of hydrogen-bond acceptors (Lipinski definition) is 6. The SMILES string of the molecule is Cc1ccccc1Oc1nc2ccccn2c(=O)c1C=C(C#N)S(=O)(=O)c1ccccc1. The van der Waals surface area contributed by atoms with Crippen LogP contribution in [-0.2, 0) is 9.84 Å². The second kappa shape index (κ2) is 8.49. The van der Waals surface area contributed by atoms with Gasteiger partial charge in [-0.05, 0) is 48.9 Å². The van der Waals surface area contributed by atoms with Crippen molar-refractivity contribution >= 4 is 21.6 Å². The maximum absolute atomic E-state index is 13.2. The highest BCUT2D eigenvalue weighted by Crippen LogP contribution is 2.28. The monoisotopic (exact) mass is 443 g/mol. The second-order valence-electron chi connectivity index (χ2n) is 6.87. The van der Waals surface area contributed by atoms with Crippen LogP contribution in [0.5, 0.6) is 11.6 Å². The number of fused-ring (bicyclic) bond motifs is 1. The number of sulfone groups is 1. The van der Waals surface area contributed by atoms with E-state index in [1.165, 1.54) is 22.7 Å². The van der Waals surface area contributed by atoms with Gasteiger partial charge in [-0.2, -0.15) is 10.2 Å². The molecule has 2 aromatic heterocycles. The van der Waals surface area contributed by atoms with Gasteiger partial charge in [-0.25, -0.2) is 8.42 Å². The quantitative estimate of drug-likeness (QED) is 0.430. The zero-order valence-electron chi connectivity index (χ0n) is 17.0. The van der Waals surface area contributed by atoms with E-state index in [1.54, 1.807) is 54.6 Å². The van der Waals surface area contributed by atoms with Crippen molar-refractivity contribution in [2.45, 2.75) is 11.8 Å². The van der Waals surface area contributed by atoms with E-state index in [2.05, 4.69) is 4.98 Å². The number of aryl methyl sites for hydroxylation is 1. The van der Waals surface area contributed by atoms with Crippen LogP contribution < -0.4 is 10.3 Å². The lowest BCUT2D eigenvalue weighted by Crippen LogP contribution is -2.19. The van der Waals surface area contributed by atoms with E-state index in [4.69, 9.17) is 4.74 Å². The predicted octanol–water partition coefficient (Wildman–Crippen LogP) is 4.13. The topological polar surface area (TPSA) is 102 Å². The molecule has 0 aliphatic heterocycles. The number of benzene rings is 2. The van der Waals surface area contributed by atoms with E-state index in [1.807, 2.05) is 19.1 Å². The van der Waals surface area contributed by atoms with Crippen molar-refractivity contribution in [2.24, 2.45) is 0 Å². The normalized spacial score (nSPS) is 11.8. The summed E-state index contributed by atoms with van der Waals surface area (Å²) in [6.45, 7) is 1.83. The van der Waals surface area contributed by atoms with Crippen LogP contribution in [0, 0.1) is 18.3 Å². The number of rotatable bonds is 5. The molecule has 4 aromatic rings. The first kappa shape index (κ1) is 21.0. The predicted molar refractivity (Wildman–Crippen MR) is 120 cm³/mol. The Morgan fingerprint density at radius 3 is 2.44 bits per heavy atom. The Kier molecular flexibility index (Phi) is 5.58. The molecule has 0 aliphatic carbocycles. The number of ether oxygens (including phenoxy) is 1. The third-order valence-electron chi connectivity index (χ3n) is 4.76. The van der Waals surface area contributed by atoms with Crippen LogP contribution in [0.4, 0.5) is 0 Å². The minimum atomic E-state index is -4.15. The molecule has 0 atom stereocenters. The van der Waals surface area contributed by atoms with Gasteiger partial charge in [-0.1, -0.05) is 42.5 Å².